The molecule has 0 saturated heterocycles. The zero-order valence-electron chi connectivity index (χ0n) is 19.0. The topological polar surface area (TPSA) is 73.9 Å². The first kappa shape index (κ1) is 26.0. The van der Waals surface area contributed by atoms with Crippen molar-refractivity contribution >= 4 is 12.1 Å². The Morgan fingerprint density at radius 2 is 1.52 bits per heavy atom. The van der Waals surface area contributed by atoms with Crippen LogP contribution in [0.25, 0.3) is 0 Å². The van der Waals surface area contributed by atoms with Crippen LogP contribution < -0.4 is 10.1 Å². The first-order valence-electron chi connectivity index (χ1n) is 10.4. The lowest BCUT2D eigenvalue weighted by molar-refractivity contribution is -0.212. The lowest BCUT2D eigenvalue weighted by Crippen LogP contribution is -2.66. The fourth-order valence-electron chi connectivity index (χ4n) is 2.94. The molecule has 2 aromatic carbocycles. The van der Waals surface area contributed by atoms with Crippen molar-refractivity contribution in [3.63, 3.8) is 0 Å². The molecule has 33 heavy (non-hydrogen) atoms. The molecule has 0 bridgehead atoms. The number of halogens is 3. The minimum Gasteiger partial charge on any atom is -0.489 e. The van der Waals surface area contributed by atoms with Crippen LogP contribution in [-0.2, 0) is 27.3 Å². The number of hydrogen-bond donors (Lipinski definition) is 1. The lowest BCUT2D eigenvalue weighted by Gasteiger charge is -2.34. The maximum Gasteiger partial charge on any atom is 0.422 e. The van der Waals surface area contributed by atoms with Gasteiger partial charge in [-0.2, -0.15) is 13.2 Å². The Morgan fingerprint density at radius 1 is 0.909 bits per heavy atom. The van der Waals surface area contributed by atoms with Crippen molar-refractivity contribution in [3.8, 4) is 5.75 Å². The summed E-state index contributed by atoms with van der Waals surface area (Å²) in [7, 11) is 0. The van der Waals surface area contributed by atoms with Gasteiger partial charge in [0.15, 0.2) is 0 Å². The molecule has 0 fully saturated rings. The SMILES string of the molecule is CCOC(=O)C(Cc1ccc(OCc2ccccc2)cc1)(NC(=O)OC(C)(C)C)C(F)(F)F. The van der Waals surface area contributed by atoms with Crippen molar-refractivity contribution < 1.29 is 37.0 Å². The maximum absolute atomic E-state index is 14.2. The number of alkyl halides is 3. The molecule has 0 saturated carbocycles. The third-order valence-corrected chi connectivity index (χ3v) is 4.46. The first-order chi connectivity index (χ1) is 15.4. The summed E-state index contributed by atoms with van der Waals surface area (Å²) in [5.41, 5.74) is -3.31. The Balaban J connectivity index is 2.27. The minimum absolute atomic E-state index is 0.142. The van der Waals surface area contributed by atoms with Crippen LogP contribution in [-0.4, -0.2) is 36.0 Å². The largest absolute Gasteiger partial charge is 0.489 e. The van der Waals surface area contributed by atoms with Crippen LogP contribution in [0.5, 0.6) is 5.75 Å². The molecule has 1 unspecified atom stereocenters. The minimum atomic E-state index is -5.15. The van der Waals surface area contributed by atoms with Gasteiger partial charge in [0, 0.05) is 6.42 Å². The van der Waals surface area contributed by atoms with E-state index in [0.29, 0.717) is 5.75 Å². The summed E-state index contributed by atoms with van der Waals surface area (Å²) in [4.78, 5) is 24.7. The van der Waals surface area contributed by atoms with Crippen molar-refractivity contribution in [1.29, 1.82) is 0 Å². The van der Waals surface area contributed by atoms with E-state index in [0.717, 1.165) is 5.56 Å². The average molecular weight is 467 g/mol. The van der Waals surface area contributed by atoms with Gasteiger partial charge in [-0.05, 0) is 51.0 Å². The molecule has 0 aliphatic rings. The zero-order valence-corrected chi connectivity index (χ0v) is 19.0. The molecule has 0 spiro atoms. The molecule has 2 rings (SSSR count). The van der Waals surface area contributed by atoms with Crippen molar-refractivity contribution in [3.05, 3.63) is 65.7 Å². The molecule has 1 amide bonds. The number of esters is 1. The van der Waals surface area contributed by atoms with Crippen LogP contribution in [0.3, 0.4) is 0 Å². The second kappa shape index (κ2) is 10.6. The summed E-state index contributed by atoms with van der Waals surface area (Å²) in [5, 5.41) is 1.73. The number of benzene rings is 2. The highest BCUT2D eigenvalue weighted by Gasteiger charge is 2.63. The van der Waals surface area contributed by atoms with Crippen molar-refractivity contribution in [2.45, 2.75) is 58.0 Å². The summed E-state index contributed by atoms with van der Waals surface area (Å²) in [5.74, 6) is -1.18. The van der Waals surface area contributed by atoms with Gasteiger partial charge in [0.25, 0.3) is 0 Å². The number of nitrogens with one attached hydrogen (secondary N) is 1. The molecule has 6 nitrogen and oxygen atoms in total. The lowest BCUT2D eigenvalue weighted by atomic mass is 9.89. The predicted molar refractivity (Wildman–Crippen MR) is 116 cm³/mol. The number of amides is 1. The van der Waals surface area contributed by atoms with E-state index >= 15 is 0 Å². The van der Waals surface area contributed by atoms with E-state index in [-0.39, 0.29) is 18.8 Å². The molecule has 0 heterocycles. The van der Waals surface area contributed by atoms with E-state index in [9.17, 15) is 22.8 Å². The van der Waals surface area contributed by atoms with Gasteiger partial charge in [0.1, 0.15) is 18.0 Å². The Bertz CT molecular complexity index is 924. The molecule has 9 heteroatoms. The molecular weight excluding hydrogens is 439 g/mol. The normalized spacial score (nSPS) is 13.5. The Morgan fingerprint density at radius 3 is 2.03 bits per heavy atom. The highest BCUT2D eigenvalue weighted by atomic mass is 19.4. The van der Waals surface area contributed by atoms with Gasteiger partial charge in [0.05, 0.1) is 6.61 Å². The van der Waals surface area contributed by atoms with Gasteiger partial charge in [-0.15, -0.1) is 0 Å². The molecule has 1 N–H and O–H groups in total. The monoisotopic (exact) mass is 467 g/mol. The van der Waals surface area contributed by atoms with Crippen molar-refractivity contribution in [1.82, 2.24) is 5.32 Å². The Labute approximate surface area is 191 Å². The third kappa shape index (κ3) is 7.40. The van der Waals surface area contributed by atoms with E-state index < -0.39 is 35.8 Å². The van der Waals surface area contributed by atoms with E-state index in [2.05, 4.69) is 0 Å². The maximum atomic E-state index is 14.2. The average Bonchev–Trinajstić information content (AvgIpc) is 2.71. The first-order valence-corrected chi connectivity index (χ1v) is 10.4. The fourth-order valence-corrected chi connectivity index (χ4v) is 2.94. The third-order valence-electron chi connectivity index (χ3n) is 4.46. The summed E-state index contributed by atoms with van der Waals surface area (Å²) in [6.07, 6.45) is -7.41. The molecule has 0 aliphatic carbocycles. The van der Waals surface area contributed by atoms with Crippen LogP contribution in [0.2, 0.25) is 0 Å². The smallest absolute Gasteiger partial charge is 0.422 e. The number of alkyl carbamates (subject to hydrolysis) is 1. The van der Waals surface area contributed by atoms with Gasteiger partial charge >= 0.3 is 18.2 Å². The molecule has 1 atom stereocenters. The van der Waals surface area contributed by atoms with E-state index in [4.69, 9.17) is 14.2 Å². The van der Waals surface area contributed by atoms with Gasteiger partial charge in [-0.3, -0.25) is 5.32 Å². The summed E-state index contributed by atoms with van der Waals surface area (Å²) >= 11 is 0. The highest BCUT2D eigenvalue weighted by Crippen LogP contribution is 2.35. The zero-order chi connectivity index (χ0) is 24.7. The van der Waals surface area contributed by atoms with Crippen LogP contribution >= 0.6 is 0 Å². The molecule has 2 aromatic rings. The molecule has 180 valence electrons. The standard InChI is InChI=1S/C24H28F3NO5/c1-5-31-20(29)23(24(25,26)27,28-21(30)33-22(2,3)4)15-17-11-13-19(14-12-17)32-16-18-9-7-6-8-10-18/h6-14H,5,15-16H2,1-4H3,(H,28,30). The van der Waals surface area contributed by atoms with E-state index in [1.807, 2.05) is 30.3 Å². The summed E-state index contributed by atoms with van der Waals surface area (Å²) in [6.45, 7) is 5.88. The number of carbonyl (C=O) groups excluding carboxylic acids is 2. The predicted octanol–water partition coefficient (Wildman–Crippen LogP) is 5.20. The number of hydrogen-bond acceptors (Lipinski definition) is 5. The highest BCUT2D eigenvalue weighted by molar-refractivity contribution is 5.87. The van der Waals surface area contributed by atoms with Gasteiger partial charge in [-0.1, -0.05) is 42.5 Å². The van der Waals surface area contributed by atoms with Gasteiger partial charge in [-0.25, -0.2) is 9.59 Å². The van der Waals surface area contributed by atoms with E-state index in [1.54, 1.807) is 5.32 Å². The van der Waals surface area contributed by atoms with Crippen LogP contribution in [0.4, 0.5) is 18.0 Å². The van der Waals surface area contributed by atoms with E-state index in [1.165, 1.54) is 52.0 Å². The van der Waals surface area contributed by atoms with Gasteiger partial charge in [0.2, 0.25) is 5.54 Å². The van der Waals surface area contributed by atoms with Crippen LogP contribution in [0.1, 0.15) is 38.8 Å². The van der Waals surface area contributed by atoms with Crippen LogP contribution in [0, 0.1) is 0 Å². The second-order valence-electron chi connectivity index (χ2n) is 8.35. The van der Waals surface area contributed by atoms with Crippen molar-refractivity contribution in [2.24, 2.45) is 0 Å². The van der Waals surface area contributed by atoms with Gasteiger partial charge < -0.3 is 14.2 Å². The molecule has 0 aliphatic heterocycles. The van der Waals surface area contributed by atoms with Crippen molar-refractivity contribution in [2.75, 3.05) is 6.61 Å². The fraction of sp³-hybridized carbons (Fsp3) is 0.417. The molecule has 0 aromatic heterocycles. The number of rotatable bonds is 8. The Kier molecular flexibility index (Phi) is 8.35. The summed E-state index contributed by atoms with van der Waals surface area (Å²) < 4.78 is 58.0. The second-order valence-corrected chi connectivity index (χ2v) is 8.35. The summed E-state index contributed by atoms with van der Waals surface area (Å²) in [6, 6.07) is 15.2. The molecule has 0 radical (unpaired) electrons. The number of carbonyl (C=O) groups is 2. The number of ether oxygens (including phenoxy) is 3. The van der Waals surface area contributed by atoms with Crippen LogP contribution in [0.15, 0.2) is 54.6 Å². The molecular formula is C24H28F3NO5. The quantitative estimate of drug-likeness (QED) is 0.541. The Hall–Kier alpha value is -3.23.